The molecule has 410 valence electrons. The fourth-order valence-electron chi connectivity index (χ4n) is 12.2. The van der Waals surface area contributed by atoms with Crippen LogP contribution >= 0.6 is 0 Å². The molecule has 0 amide bonds. The van der Waals surface area contributed by atoms with E-state index >= 15 is 0 Å². The van der Waals surface area contributed by atoms with Crippen molar-refractivity contribution in [3.63, 3.8) is 0 Å². The molecule has 0 aliphatic carbocycles. The number of nitrogens with zero attached hydrogens (tertiary/aromatic N) is 6. The van der Waals surface area contributed by atoms with Crippen LogP contribution in [0.5, 0.6) is 11.5 Å². The number of hydrogen-bond donors (Lipinski definition) is 0. The van der Waals surface area contributed by atoms with Gasteiger partial charge in [0.1, 0.15) is 11.6 Å². The number of para-hydroxylation sites is 1. The number of pyridine rings is 1. The van der Waals surface area contributed by atoms with Crippen molar-refractivity contribution in [1.29, 1.82) is 0 Å². The predicted octanol–water partition coefficient (Wildman–Crippen LogP) is 19.5. The van der Waals surface area contributed by atoms with Gasteiger partial charge in [-0.3, -0.25) is 0 Å². The molecule has 0 unspecified atom stereocenters. The number of anilines is 4. The SMILES string of the molecule is CC(C)c1cccc(C(C)C)c1-c1cc(Oc2[c-]c3c(cc2)c2ccccc2n3-c2cc(C(C)(C)C)ccn2)[c-]c(N2[CH-]N(c3c(-c4ccccc4)cc(C(C)(C)C)cc3-c3ccccc3)c3cc4c(cc32)nc2n4CCCC2)c1.[Pt]. The number of benzene rings is 8. The summed E-state index contributed by atoms with van der Waals surface area (Å²) >= 11 is 0. The zero-order valence-electron chi connectivity index (χ0n) is 48.1. The van der Waals surface area contributed by atoms with E-state index in [9.17, 15) is 0 Å². The first-order valence-electron chi connectivity index (χ1n) is 28.6. The van der Waals surface area contributed by atoms with E-state index in [1.807, 2.05) is 12.3 Å². The molecule has 0 radical (unpaired) electrons. The third-order valence-corrected chi connectivity index (χ3v) is 16.5. The van der Waals surface area contributed by atoms with Gasteiger partial charge in [-0.15, -0.1) is 53.6 Å². The number of fused-ring (bicyclic) bond motifs is 7. The van der Waals surface area contributed by atoms with Crippen LogP contribution in [-0.2, 0) is 44.9 Å². The van der Waals surface area contributed by atoms with E-state index in [-0.39, 0.29) is 43.7 Å². The van der Waals surface area contributed by atoms with Gasteiger partial charge >= 0.3 is 0 Å². The van der Waals surface area contributed by atoms with E-state index in [4.69, 9.17) is 14.7 Å². The van der Waals surface area contributed by atoms with Gasteiger partial charge in [-0.1, -0.05) is 172 Å². The molecule has 7 nitrogen and oxygen atoms in total. The number of hydrogen-bond acceptors (Lipinski definition) is 5. The van der Waals surface area contributed by atoms with Gasteiger partial charge in [-0.25, -0.2) is 9.97 Å². The molecule has 0 atom stereocenters. The molecule has 11 aromatic rings. The first kappa shape index (κ1) is 53.9. The molecular weight excluding hydrogens is 1170 g/mol. The van der Waals surface area contributed by atoms with Gasteiger partial charge in [0, 0.05) is 85.4 Å². The van der Waals surface area contributed by atoms with E-state index in [2.05, 4.69) is 265 Å². The van der Waals surface area contributed by atoms with Gasteiger partial charge in [0.2, 0.25) is 0 Å². The molecule has 0 fully saturated rings. The van der Waals surface area contributed by atoms with E-state index in [0.29, 0.717) is 11.5 Å². The van der Waals surface area contributed by atoms with Crippen molar-refractivity contribution in [3.05, 3.63) is 217 Å². The largest absolute Gasteiger partial charge is 0.509 e. The van der Waals surface area contributed by atoms with Gasteiger partial charge in [-0.2, -0.15) is 6.07 Å². The molecule has 0 spiro atoms. The fourth-order valence-corrected chi connectivity index (χ4v) is 12.2. The Morgan fingerprint density at radius 3 is 1.89 bits per heavy atom. The van der Waals surface area contributed by atoms with Crippen molar-refractivity contribution in [2.75, 3.05) is 9.80 Å². The average molecular weight is 1240 g/mol. The second-order valence-electron chi connectivity index (χ2n) is 24.7. The molecule has 8 heteroatoms. The van der Waals surface area contributed by atoms with Gasteiger partial charge in [0.15, 0.2) is 0 Å². The summed E-state index contributed by atoms with van der Waals surface area (Å²) < 4.78 is 11.9. The molecule has 0 saturated carbocycles. The molecule has 0 saturated heterocycles. The van der Waals surface area contributed by atoms with Crippen LogP contribution in [0.4, 0.5) is 22.7 Å². The summed E-state index contributed by atoms with van der Waals surface area (Å²) in [6, 6.07) is 67.5. The summed E-state index contributed by atoms with van der Waals surface area (Å²) in [5.41, 5.74) is 20.0. The Hall–Kier alpha value is -7.73. The molecule has 8 aromatic carbocycles. The maximum Gasteiger partial charge on any atom is 0.135 e. The summed E-state index contributed by atoms with van der Waals surface area (Å²) in [6.45, 7) is 26.1. The smallest absolute Gasteiger partial charge is 0.135 e. The summed E-state index contributed by atoms with van der Waals surface area (Å²) in [5, 5.41) is 2.22. The Labute approximate surface area is 492 Å². The predicted molar refractivity (Wildman–Crippen MR) is 332 cm³/mol. The van der Waals surface area contributed by atoms with Crippen molar-refractivity contribution in [2.24, 2.45) is 0 Å². The fraction of sp³-hybridized carbons (Fsp3) is 0.247. The second-order valence-corrected chi connectivity index (χ2v) is 24.7. The van der Waals surface area contributed by atoms with Crippen LogP contribution in [0.3, 0.4) is 0 Å². The van der Waals surface area contributed by atoms with Gasteiger partial charge in [0.25, 0.3) is 0 Å². The summed E-state index contributed by atoms with van der Waals surface area (Å²) in [4.78, 5) is 15.1. The van der Waals surface area contributed by atoms with Crippen molar-refractivity contribution < 1.29 is 25.8 Å². The third-order valence-electron chi connectivity index (χ3n) is 16.5. The van der Waals surface area contributed by atoms with Crippen LogP contribution in [0.25, 0.3) is 72.0 Å². The van der Waals surface area contributed by atoms with E-state index in [1.54, 1.807) is 0 Å². The van der Waals surface area contributed by atoms with Gasteiger partial charge < -0.3 is 23.7 Å². The topological polar surface area (TPSA) is 51.4 Å². The summed E-state index contributed by atoms with van der Waals surface area (Å²) in [7, 11) is 0. The quantitative estimate of drug-likeness (QED) is 0.128. The minimum atomic E-state index is -0.118. The van der Waals surface area contributed by atoms with Crippen molar-refractivity contribution >= 4 is 55.6 Å². The van der Waals surface area contributed by atoms with Crippen LogP contribution in [0, 0.1) is 18.8 Å². The van der Waals surface area contributed by atoms with Crippen molar-refractivity contribution in [1.82, 2.24) is 19.1 Å². The number of ether oxygens (including phenoxy) is 1. The Morgan fingerprint density at radius 2 is 1.22 bits per heavy atom. The Kier molecular flexibility index (Phi) is 14.0. The van der Waals surface area contributed by atoms with Crippen molar-refractivity contribution in [2.45, 2.75) is 118 Å². The second kappa shape index (κ2) is 21.0. The molecule has 2 aliphatic heterocycles. The molecule has 0 N–H and O–H groups in total. The van der Waals surface area contributed by atoms with Gasteiger partial charge in [-0.05, 0) is 122 Å². The first-order valence-corrected chi connectivity index (χ1v) is 28.6. The van der Waals surface area contributed by atoms with Crippen molar-refractivity contribution in [3.8, 4) is 50.7 Å². The molecular formula is C73H69N6OPt-3. The van der Waals surface area contributed by atoms with E-state index < -0.39 is 0 Å². The number of imidazole rings is 1. The number of rotatable bonds is 10. The molecule has 3 aromatic heterocycles. The summed E-state index contributed by atoms with van der Waals surface area (Å²) in [6.07, 6.45) is 5.17. The zero-order valence-corrected chi connectivity index (χ0v) is 50.4. The maximum absolute atomic E-state index is 7.22. The minimum Gasteiger partial charge on any atom is -0.509 e. The maximum atomic E-state index is 7.22. The van der Waals surface area contributed by atoms with Crippen LogP contribution in [0.15, 0.2) is 170 Å². The monoisotopic (exact) mass is 1240 g/mol. The Morgan fingerprint density at radius 1 is 0.568 bits per heavy atom. The average Bonchev–Trinajstić information content (AvgIpc) is 4.25. The molecule has 0 bridgehead atoms. The van der Waals surface area contributed by atoms with E-state index in [0.717, 1.165) is 121 Å². The number of aryl methyl sites for hydroxylation is 2. The molecule has 81 heavy (non-hydrogen) atoms. The molecule has 13 rings (SSSR count). The normalized spacial score (nSPS) is 13.6. The zero-order chi connectivity index (χ0) is 55.2. The Balaban J connectivity index is 0.00000651. The standard InChI is InChI=1S/C73H69N6O.Pt/c1-46(2)56-27-21-28-57(47(3)4)70(56)50-36-53(41-55(37-50)80-54-31-32-59-58-26-17-18-29-63(58)79(64(59)42-54)69-40-51(33-34-74-69)72(5,6)7)77-45-78(67-44-65-62(43-66(67)77)75-68-30-19-20-35-76(65)68)71-60(48-22-13-11-14-23-48)38-52(73(8,9)10)39-61(71)49-24-15-12-16-25-49;/h11-18,21-29,31-34,36-40,43-47H,19-20,30,35H2,1-10H3;/q-3;. The van der Waals surface area contributed by atoms with Crippen LogP contribution < -0.4 is 14.5 Å². The Bertz CT molecular complexity index is 4090. The first-order chi connectivity index (χ1) is 38.6. The van der Waals surface area contributed by atoms with Crippen LogP contribution in [0.1, 0.15) is 122 Å². The number of aromatic nitrogens is 4. The minimum absolute atomic E-state index is 0. The van der Waals surface area contributed by atoms with Crippen LogP contribution in [-0.4, -0.2) is 19.1 Å². The molecule has 5 heterocycles. The van der Waals surface area contributed by atoms with Crippen LogP contribution in [0.2, 0.25) is 0 Å². The van der Waals surface area contributed by atoms with Gasteiger partial charge in [0.05, 0.1) is 11.0 Å². The van der Waals surface area contributed by atoms with E-state index in [1.165, 1.54) is 27.8 Å². The third kappa shape index (κ3) is 9.75. The molecule has 2 aliphatic rings. The summed E-state index contributed by atoms with van der Waals surface area (Å²) in [5.74, 6) is 3.71.